The molecule has 2 rings (SSSR count). The van der Waals surface area contributed by atoms with Crippen LogP contribution in [0, 0.1) is 0 Å². The highest BCUT2D eigenvalue weighted by atomic mass is 32.2. The van der Waals surface area contributed by atoms with Crippen molar-refractivity contribution in [1.29, 1.82) is 0 Å². The third-order valence-electron chi connectivity index (χ3n) is 2.09. The molecule has 1 aliphatic rings. The first-order valence-electron chi connectivity index (χ1n) is 4.06. The van der Waals surface area contributed by atoms with Crippen molar-refractivity contribution in [2.45, 2.75) is 11.4 Å². The quantitative estimate of drug-likeness (QED) is 0.714. The van der Waals surface area contributed by atoms with Gasteiger partial charge in [-0.1, -0.05) is 6.07 Å². The Hall–Kier alpha value is -1.17. The van der Waals surface area contributed by atoms with E-state index >= 15 is 0 Å². The van der Waals surface area contributed by atoms with Crippen molar-refractivity contribution in [1.82, 2.24) is 5.48 Å². The Balaban J connectivity index is 2.49. The van der Waals surface area contributed by atoms with Crippen molar-refractivity contribution in [2.24, 2.45) is 0 Å². The summed E-state index contributed by atoms with van der Waals surface area (Å²) in [7, 11) is -3.20. The SMILES string of the molecule is O=S1(=O)C=Cc2cc(CNO)ccc21. The van der Waals surface area contributed by atoms with Crippen LogP contribution in [0.5, 0.6) is 0 Å². The van der Waals surface area contributed by atoms with Crippen LogP contribution in [0.1, 0.15) is 11.1 Å². The zero-order chi connectivity index (χ0) is 10.2. The summed E-state index contributed by atoms with van der Waals surface area (Å²) in [6.07, 6.45) is 1.56. The normalized spacial score (nSPS) is 16.9. The molecule has 1 aromatic carbocycles. The lowest BCUT2D eigenvalue weighted by molar-refractivity contribution is 0.161. The summed E-state index contributed by atoms with van der Waals surface area (Å²) in [5.74, 6) is 0. The van der Waals surface area contributed by atoms with E-state index in [1.165, 1.54) is 5.41 Å². The minimum Gasteiger partial charge on any atom is -0.316 e. The molecule has 0 spiro atoms. The second-order valence-electron chi connectivity index (χ2n) is 3.05. The monoisotopic (exact) mass is 211 g/mol. The molecule has 0 bridgehead atoms. The van der Waals surface area contributed by atoms with Gasteiger partial charge in [0, 0.05) is 12.0 Å². The Morgan fingerprint density at radius 2 is 2.14 bits per heavy atom. The zero-order valence-electron chi connectivity index (χ0n) is 7.27. The van der Waals surface area contributed by atoms with E-state index in [-0.39, 0.29) is 0 Å². The fraction of sp³-hybridized carbons (Fsp3) is 0.111. The van der Waals surface area contributed by atoms with Gasteiger partial charge in [-0.25, -0.2) is 13.9 Å². The second kappa shape index (κ2) is 3.20. The highest BCUT2D eigenvalue weighted by Crippen LogP contribution is 2.27. The van der Waals surface area contributed by atoms with E-state index in [9.17, 15) is 8.42 Å². The lowest BCUT2D eigenvalue weighted by Crippen LogP contribution is -2.06. The van der Waals surface area contributed by atoms with Crippen LogP contribution < -0.4 is 5.48 Å². The van der Waals surface area contributed by atoms with Crippen LogP contribution in [0.4, 0.5) is 0 Å². The molecule has 0 aliphatic carbocycles. The van der Waals surface area contributed by atoms with Gasteiger partial charge in [0.05, 0.1) is 4.90 Å². The first-order valence-corrected chi connectivity index (χ1v) is 5.61. The molecule has 0 radical (unpaired) electrons. The van der Waals surface area contributed by atoms with Crippen molar-refractivity contribution in [3.8, 4) is 0 Å². The largest absolute Gasteiger partial charge is 0.316 e. The molecule has 5 heteroatoms. The minimum absolute atomic E-state index is 0.307. The van der Waals surface area contributed by atoms with Crippen LogP contribution in [0.3, 0.4) is 0 Å². The number of nitrogens with one attached hydrogen (secondary N) is 1. The number of benzene rings is 1. The van der Waals surface area contributed by atoms with E-state index in [0.29, 0.717) is 17.0 Å². The zero-order valence-corrected chi connectivity index (χ0v) is 8.08. The van der Waals surface area contributed by atoms with Gasteiger partial charge in [0.2, 0.25) is 0 Å². The first-order chi connectivity index (χ1) is 6.63. The number of hydroxylamine groups is 1. The number of hydrogen-bond donors (Lipinski definition) is 2. The Kier molecular flexibility index (Phi) is 2.14. The summed E-state index contributed by atoms with van der Waals surface area (Å²) in [6, 6.07) is 4.96. The van der Waals surface area contributed by atoms with Gasteiger partial charge in [0.25, 0.3) is 0 Å². The highest BCUT2D eigenvalue weighted by molar-refractivity contribution is 7.94. The van der Waals surface area contributed by atoms with E-state index < -0.39 is 9.84 Å². The molecule has 0 amide bonds. The van der Waals surface area contributed by atoms with E-state index in [0.717, 1.165) is 5.56 Å². The molecule has 0 saturated carbocycles. The van der Waals surface area contributed by atoms with Gasteiger partial charge in [0.1, 0.15) is 0 Å². The standard InChI is InChI=1S/C9H9NO3S/c11-10-6-7-1-2-9-8(5-7)3-4-14(9,12)13/h1-5,10-11H,6H2. The summed E-state index contributed by atoms with van der Waals surface area (Å²) in [6.45, 7) is 0.307. The summed E-state index contributed by atoms with van der Waals surface area (Å²) in [4.78, 5) is 0.333. The summed E-state index contributed by atoms with van der Waals surface area (Å²) in [5, 5.41) is 9.67. The number of hydrogen-bond acceptors (Lipinski definition) is 4. The summed E-state index contributed by atoms with van der Waals surface area (Å²) in [5.41, 5.74) is 3.54. The van der Waals surface area contributed by atoms with Gasteiger partial charge in [-0.05, 0) is 29.3 Å². The maximum absolute atomic E-state index is 11.4. The average molecular weight is 211 g/mol. The van der Waals surface area contributed by atoms with Gasteiger partial charge >= 0.3 is 0 Å². The molecule has 0 atom stereocenters. The Labute approximate surface area is 81.8 Å². The maximum Gasteiger partial charge on any atom is 0.200 e. The van der Waals surface area contributed by atoms with Gasteiger partial charge in [-0.3, -0.25) is 0 Å². The molecule has 0 unspecified atom stereocenters. The van der Waals surface area contributed by atoms with Crippen molar-refractivity contribution in [2.75, 3.05) is 0 Å². The predicted molar refractivity (Wildman–Crippen MR) is 51.3 cm³/mol. The van der Waals surface area contributed by atoms with Crippen LogP contribution in [-0.2, 0) is 16.4 Å². The van der Waals surface area contributed by atoms with Crippen LogP contribution in [0.25, 0.3) is 6.08 Å². The Morgan fingerprint density at radius 3 is 2.86 bits per heavy atom. The maximum atomic E-state index is 11.4. The highest BCUT2D eigenvalue weighted by Gasteiger charge is 2.19. The van der Waals surface area contributed by atoms with Gasteiger partial charge in [-0.15, -0.1) is 0 Å². The fourth-order valence-electron chi connectivity index (χ4n) is 1.42. The molecule has 4 nitrogen and oxygen atoms in total. The van der Waals surface area contributed by atoms with Crippen molar-refractivity contribution in [3.05, 3.63) is 34.7 Å². The van der Waals surface area contributed by atoms with E-state index in [2.05, 4.69) is 0 Å². The molecule has 0 fully saturated rings. The van der Waals surface area contributed by atoms with E-state index in [4.69, 9.17) is 5.21 Å². The van der Waals surface area contributed by atoms with Gasteiger partial charge in [-0.2, -0.15) is 0 Å². The molecule has 1 aliphatic heterocycles. The van der Waals surface area contributed by atoms with E-state index in [1.54, 1.807) is 24.3 Å². The van der Waals surface area contributed by atoms with Crippen molar-refractivity contribution < 1.29 is 13.6 Å². The van der Waals surface area contributed by atoms with Crippen molar-refractivity contribution in [3.63, 3.8) is 0 Å². The van der Waals surface area contributed by atoms with Crippen LogP contribution in [0.2, 0.25) is 0 Å². The number of sulfone groups is 1. The number of rotatable bonds is 2. The summed E-state index contributed by atoms with van der Waals surface area (Å²) < 4.78 is 22.7. The molecule has 2 N–H and O–H groups in total. The minimum atomic E-state index is -3.20. The lowest BCUT2D eigenvalue weighted by Gasteiger charge is -2.02. The third kappa shape index (κ3) is 1.45. The molecule has 0 saturated heterocycles. The van der Waals surface area contributed by atoms with Gasteiger partial charge < -0.3 is 5.21 Å². The van der Waals surface area contributed by atoms with Crippen LogP contribution in [-0.4, -0.2) is 13.6 Å². The molecule has 1 heterocycles. The second-order valence-corrected chi connectivity index (χ2v) is 4.86. The fourth-order valence-corrected chi connectivity index (χ4v) is 2.61. The van der Waals surface area contributed by atoms with Crippen LogP contribution in [0.15, 0.2) is 28.5 Å². The molecule has 1 aromatic rings. The molecule has 14 heavy (non-hydrogen) atoms. The molecule has 0 aromatic heterocycles. The molecular weight excluding hydrogens is 202 g/mol. The first kappa shape index (κ1) is 9.39. The van der Waals surface area contributed by atoms with Gasteiger partial charge in [0.15, 0.2) is 9.84 Å². The predicted octanol–water partition coefficient (Wildman–Crippen LogP) is 0.923. The average Bonchev–Trinajstić information content (AvgIpc) is 2.43. The topological polar surface area (TPSA) is 66.4 Å². The van der Waals surface area contributed by atoms with Crippen LogP contribution >= 0.6 is 0 Å². The van der Waals surface area contributed by atoms with Crippen molar-refractivity contribution >= 4 is 15.9 Å². The smallest absolute Gasteiger partial charge is 0.200 e. The number of fused-ring (bicyclic) bond motifs is 1. The molecule has 74 valence electrons. The van der Waals surface area contributed by atoms with E-state index in [1.807, 2.05) is 5.48 Å². The third-order valence-corrected chi connectivity index (χ3v) is 3.57. The summed E-state index contributed by atoms with van der Waals surface area (Å²) >= 11 is 0. The molecular formula is C9H9NO3S. The lowest BCUT2D eigenvalue weighted by atomic mass is 10.1. The Bertz CT molecular complexity index is 491. The Morgan fingerprint density at radius 1 is 1.36 bits per heavy atom.